The van der Waals surface area contributed by atoms with Crippen molar-refractivity contribution in [3.8, 4) is 11.5 Å². The number of rotatable bonds is 6. The molecule has 0 aliphatic rings. The van der Waals surface area contributed by atoms with Crippen LogP contribution in [0.5, 0.6) is 11.5 Å². The Balaban J connectivity index is 1.78. The SMILES string of the molecule is Nc1ccccc1OCC(O)COc1cccc(F)c1. The average molecular weight is 277 g/mol. The molecule has 0 heterocycles. The van der Waals surface area contributed by atoms with E-state index in [0.29, 0.717) is 17.2 Å². The summed E-state index contributed by atoms with van der Waals surface area (Å²) in [6.07, 6.45) is -0.835. The second-order valence-corrected chi connectivity index (χ2v) is 4.27. The number of nitrogen functional groups attached to an aromatic ring is 1. The van der Waals surface area contributed by atoms with Crippen LogP contribution in [0.25, 0.3) is 0 Å². The van der Waals surface area contributed by atoms with Crippen LogP contribution in [0.1, 0.15) is 0 Å². The maximum atomic E-state index is 12.9. The van der Waals surface area contributed by atoms with Gasteiger partial charge >= 0.3 is 0 Å². The number of hydrogen-bond donors (Lipinski definition) is 2. The van der Waals surface area contributed by atoms with E-state index in [0.717, 1.165) is 0 Å². The molecule has 106 valence electrons. The first kappa shape index (κ1) is 14.1. The first-order valence-electron chi connectivity index (χ1n) is 6.19. The maximum Gasteiger partial charge on any atom is 0.142 e. The molecule has 0 aromatic heterocycles. The lowest BCUT2D eigenvalue weighted by Gasteiger charge is -2.14. The van der Waals surface area contributed by atoms with Gasteiger partial charge in [-0.3, -0.25) is 0 Å². The predicted molar refractivity (Wildman–Crippen MR) is 74.3 cm³/mol. The number of ether oxygens (including phenoxy) is 2. The molecule has 0 bridgehead atoms. The molecule has 0 spiro atoms. The van der Waals surface area contributed by atoms with Gasteiger partial charge in [-0.15, -0.1) is 0 Å². The number of nitrogens with two attached hydrogens (primary N) is 1. The highest BCUT2D eigenvalue weighted by molar-refractivity contribution is 5.51. The van der Waals surface area contributed by atoms with Crippen molar-refractivity contribution in [2.45, 2.75) is 6.10 Å². The van der Waals surface area contributed by atoms with Crippen molar-refractivity contribution < 1.29 is 19.0 Å². The highest BCUT2D eigenvalue weighted by Gasteiger charge is 2.08. The van der Waals surface area contributed by atoms with Crippen molar-refractivity contribution in [3.63, 3.8) is 0 Å². The molecule has 1 unspecified atom stereocenters. The largest absolute Gasteiger partial charge is 0.491 e. The Morgan fingerprint density at radius 3 is 2.55 bits per heavy atom. The number of aliphatic hydroxyl groups is 1. The van der Waals surface area contributed by atoms with Gasteiger partial charge in [-0.05, 0) is 24.3 Å². The molecule has 2 rings (SSSR count). The number of halogens is 1. The molecule has 2 aromatic rings. The summed E-state index contributed by atoms with van der Waals surface area (Å²) in [5.41, 5.74) is 6.21. The fraction of sp³-hybridized carbons (Fsp3) is 0.200. The van der Waals surface area contributed by atoms with Gasteiger partial charge in [0.15, 0.2) is 0 Å². The third-order valence-electron chi connectivity index (χ3n) is 2.59. The predicted octanol–water partition coefficient (Wildman–Crippen LogP) is 2.23. The van der Waals surface area contributed by atoms with Gasteiger partial charge in [-0.1, -0.05) is 18.2 Å². The van der Waals surface area contributed by atoms with E-state index in [4.69, 9.17) is 15.2 Å². The van der Waals surface area contributed by atoms with Crippen molar-refractivity contribution in [2.24, 2.45) is 0 Å². The van der Waals surface area contributed by atoms with Gasteiger partial charge in [-0.25, -0.2) is 4.39 Å². The highest BCUT2D eigenvalue weighted by Crippen LogP contribution is 2.20. The van der Waals surface area contributed by atoms with Crippen LogP contribution in [-0.4, -0.2) is 24.4 Å². The van der Waals surface area contributed by atoms with Gasteiger partial charge in [0.2, 0.25) is 0 Å². The molecule has 0 radical (unpaired) electrons. The Morgan fingerprint density at radius 1 is 1.05 bits per heavy atom. The second kappa shape index (κ2) is 6.77. The lowest BCUT2D eigenvalue weighted by atomic mass is 10.3. The number of benzene rings is 2. The number of para-hydroxylation sites is 2. The fourth-order valence-electron chi connectivity index (χ4n) is 1.60. The molecule has 0 saturated heterocycles. The zero-order valence-electron chi connectivity index (χ0n) is 10.8. The van der Waals surface area contributed by atoms with Gasteiger partial charge in [0.05, 0.1) is 5.69 Å². The highest BCUT2D eigenvalue weighted by atomic mass is 19.1. The van der Waals surface area contributed by atoms with E-state index in [2.05, 4.69) is 0 Å². The summed E-state index contributed by atoms with van der Waals surface area (Å²) in [4.78, 5) is 0. The molecule has 3 N–H and O–H groups in total. The van der Waals surface area contributed by atoms with Crippen LogP contribution in [0.15, 0.2) is 48.5 Å². The number of anilines is 1. The van der Waals surface area contributed by atoms with Crippen molar-refractivity contribution in [3.05, 3.63) is 54.3 Å². The molecule has 0 amide bonds. The summed E-state index contributed by atoms with van der Waals surface area (Å²) < 4.78 is 23.6. The van der Waals surface area contributed by atoms with Crippen LogP contribution in [0.3, 0.4) is 0 Å². The zero-order valence-corrected chi connectivity index (χ0v) is 10.8. The van der Waals surface area contributed by atoms with Gasteiger partial charge in [0.1, 0.15) is 36.6 Å². The smallest absolute Gasteiger partial charge is 0.142 e. The maximum absolute atomic E-state index is 12.9. The topological polar surface area (TPSA) is 64.7 Å². The van der Waals surface area contributed by atoms with Gasteiger partial charge in [0, 0.05) is 6.07 Å². The second-order valence-electron chi connectivity index (χ2n) is 4.27. The van der Waals surface area contributed by atoms with E-state index < -0.39 is 6.10 Å². The standard InChI is InChI=1S/C15H16FNO3/c16-11-4-3-5-13(8-11)19-9-12(18)10-20-15-7-2-1-6-14(15)17/h1-8,12,18H,9-10,17H2. The van der Waals surface area contributed by atoms with E-state index in [1.807, 2.05) is 0 Å². The van der Waals surface area contributed by atoms with E-state index in [-0.39, 0.29) is 19.0 Å². The van der Waals surface area contributed by atoms with E-state index >= 15 is 0 Å². The van der Waals surface area contributed by atoms with E-state index in [9.17, 15) is 9.50 Å². The van der Waals surface area contributed by atoms with Gasteiger partial charge < -0.3 is 20.3 Å². The molecule has 20 heavy (non-hydrogen) atoms. The normalized spacial score (nSPS) is 11.9. The van der Waals surface area contributed by atoms with E-state index in [1.165, 1.54) is 18.2 Å². The Bertz CT molecular complexity index is 562. The summed E-state index contributed by atoms with van der Waals surface area (Å²) in [6, 6.07) is 12.8. The summed E-state index contributed by atoms with van der Waals surface area (Å²) >= 11 is 0. The Kier molecular flexibility index (Phi) is 4.79. The van der Waals surface area contributed by atoms with Crippen LogP contribution >= 0.6 is 0 Å². The van der Waals surface area contributed by atoms with Crippen molar-refractivity contribution in [1.29, 1.82) is 0 Å². The van der Waals surface area contributed by atoms with Crippen molar-refractivity contribution >= 4 is 5.69 Å². The number of hydrogen-bond acceptors (Lipinski definition) is 4. The molecule has 2 aromatic carbocycles. The summed E-state index contributed by atoms with van der Waals surface area (Å²) in [5, 5.41) is 9.75. The summed E-state index contributed by atoms with van der Waals surface area (Å²) in [6.45, 7) is 0.0553. The third kappa shape index (κ3) is 4.13. The quantitative estimate of drug-likeness (QED) is 0.795. The minimum atomic E-state index is -0.835. The first-order chi connectivity index (χ1) is 9.65. The third-order valence-corrected chi connectivity index (χ3v) is 2.59. The molecular weight excluding hydrogens is 261 g/mol. The molecule has 0 aliphatic carbocycles. The van der Waals surface area contributed by atoms with Crippen LogP contribution in [-0.2, 0) is 0 Å². The van der Waals surface area contributed by atoms with Crippen molar-refractivity contribution in [2.75, 3.05) is 18.9 Å². The minimum absolute atomic E-state index is 0.0101. The molecule has 1 atom stereocenters. The zero-order chi connectivity index (χ0) is 14.4. The van der Waals surface area contributed by atoms with Crippen LogP contribution in [0.4, 0.5) is 10.1 Å². The van der Waals surface area contributed by atoms with Gasteiger partial charge in [-0.2, -0.15) is 0 Å². The number of aliphatic hydroxyl groups excluding tert-OH is 1. The lowest BCUT2D eigenvalue weighted by molar-refractivity contribution is 0.0628. The monoisotopic (exact) mass is 277 g/mol. The first-order valence-corrected chi connectivity index (χ1v) is 6.19. The van der Waals surface area contributed by atoms with Crippen LogP contribution in [0, 0.1) is 5.82 Å². The molecule has 5 heteroatoms. The summed E-state index contributed by atoms with van der Waals surface area (Å²) in [5.74, 6) is 0.492. The van der Waals surface area contributed by atoms with Crippen molar-refractivity contribution in [1.82, 2.24) is 0 Å². The van der Waals surface area contributed by atoms with E-state index in [1.54, 1.807) is 30.3 Å². The molecule has 0 fully saturated rings. The Hall–Kier alpha value is -2.27. The molecule has 0 saturated carbocycles. The van der Waals surface area contributed by atoms with Gasteiger partial charge in [0.25, 0.3) is 0 Å². The minimum Gasteiger partial charge on any atom is -0.491 e. The fourth-order valence-corrected chi connectivity index (χ4v) is 1.60. The van der Waals surface area contributed by atoms with Crippen LogP contribution in [0.2, 0.25) is 0 Å². The molecule has 4 nitrogen and oxygen atoms in total. The molecular formula is C15H16FNO3. The molecule has 0 aliphatic heterocycles. The summed E-state index contributed by atoms with van der Waals surface area (Å²) in [7, 11) is 0. The van der Waals surface area contributed by atoms with Crippen LogP contribution < -0.4 is 15.2 Å². The average Bonchev–Trinajstić information content (AvgIpc) is 2.44. The lowest BCUT2D eigenvalue weighted by Crippen LogP contribution is -2.25. The Morgan fingerprint density at radius 2 is 1.80 bits per heavy atom. The Labute approximate surface area is 116 Å².